The number of imidazole rings is 1. The first kappa shape index (κ1) is 13.0. The van der Waals surface area contributed by atoms with Crippen molar-refractivity contribution in [1.82, 2.24) is 9.55 Å². The van der Waals surface area contributed by atoms with Gasteiger partial charge in [0.15, 0.2) is 0 Å². The van der Waals surface area contributed by atoms with Crippen LogP contribution in [0.15, 0.2) is 35.3 Å². The van der Waals surface area contributed by atoms with Crippen LogP contribution in [0.25, 0.3) is 0 Å². The van der Waals surface area contributed by atoms with Crippen molar-refractivity contribution < 1.29 is 14.0 Å². The summed E-state index contributed by atoms with van der Waals surface area (Å²) in [7, 11) is 0. The molecule has 0 bridgehead atoms. The third-order valence-corrected chi connectivity index (χ3v) is 3.73. The first-order valence-corrected chi connectivity index (χ1v) is 6.68. The zero-order valence-corrected chi connectivity index (χ0v) is 11.8. The highest BCUT2D eigenvalue weighted by Crippen LogP contribution is 2.36. The lowest BCUT2D eigenvalue weighted by molar-refractivity contribution is -0.114. The lowest BCUT2D eigenvalue weighted by Gasteiger charge is -2.18. The summed E-state index contributed by atoms with van der Waals surface area (Å²) >= 11 is 3.21. The summed E-state index contributed by atoms with van der Waals surface area (Å²) in [5.41, 5.74) is 0.536. The number of aromatic nitrogens is 2. The summed E-state index contributed by atoms with van der Waals surface area (Å²) in [6, 6.07) is 2.34. The van der Waals surface area contributed by atoms with Crippen LogP contribution in [-0.2, 0) is 11.3 Å². The number of hydrogen-bond acceptors (Lipinski definition) is 3. The maximum absolute atomic E-state index is 13.3. The zero-order valence-electron chi connectivity index (χ0n) is 10.2. The van der Waals surface area contributed by atoms with Gasteiger partial charge in [-0.25, -0.2) is 9.37 Å². The minimum Gasteiger partial charge on any atom is -0.336 e. The normalized spacial score (nSPS) is 14.0. The van der Waals surface area contributed by atoms with Gasteiger partial charge in [0.2, 0.25) is 0 Å². The van der Waals surface area contributed by atoms with Crippen LogP contribution in [-0.4, -0.2) is 27.8 Å². The number of ketones is 1. The fourth-order valence-corrected chi connectivity index (χ4v) is 2.85. The molecular weight excluding hydrogens is 329 g/mol. The molecule has 1 aromatic carbocycles. The quantitative estimate of drug-likeness (QED) is 0.805. The molecule has 0 spiro atoms. The Bertz CT molecular complexity index is 700. The molecule has 7 heteroatoms. The number of carbonyl (C=O) groups excluding carboxylic acids is 2. The van der Waals surface area contributed by atoms with E-state index in [1.165, 1.54) is 11.0 Å². The van der Waals surface area contributed by atoms with Gasteiger partial charge in [0.05, 0.1) is 17.6 Å². The van der Waals surface area contributed by atoms with Crippen molar-refractivity contribution in [3.63, 3.8) is 0 Å². The number of rotatable bonds is 3. The zero-order chi connectivity index (χ0) is 14.3. The van der Waals surface area contributed by atoms with E-state index in [4.69, 9.17) is 0 Å². The van der Waals surface area contributed by atoms with E-state index >= 15 is 0 Å². The molecule has 3 rings (SSSR count). The molecule has 0 aliphatic carbocycles. The maximum atomic E-state index is 13.3. The summed E-state index contributed by atoms with van der Waals surface area (Å²) in [5.74, 6) is -1.86. The van der Waals surface area contributed by atoms with Crippen molar-refractivity contribution in [3.05, 3.63) is 46.7 Å². The van der Waals surface area contributed by atoms with Gasteiger partial charge in [-0.2, -0.15) is 0 Å². The van der Waals surface area contributed by atoms with Gasteiger partial charge in [-0.15, -0.1) is 0 Å². The average molecular weight is 338 g/mol. The van der Waals surface area contributed by atoms with Gasteiger partial charge in [0.25, 0.3) is 11.7 Å². The minimum atomic E-state index is -0.675. The van der Waals surface area contributed by atoms with Gasteiger partial charge in [-0.05, 0) is 28.1 Å². The number of fused-ring (bicyclic) bond motifs is 1. The molecule has 1 aliphatic rings. The van der Waals surface area contributed by atoms with Crippen LogP contribution in [0.4, 0.5) is 10.1 Å². The van der Waals surface area contributed by atoms with Crippen molar-refractivity contribution in [2.45, 2.75) is 6.54 Å². The van der Waals surface area contributed by atoms with Gasteiger partial charge in [0, 0.05) is 30.0 Å². The average Bonchev–Trinajstić information content (AvgIpc) is 2.98. The van der Waals surface area contributed by atoms with Gasteiger partial charge in [-0.3, -0.25) is 9.59 Å². The van der Waals surface area contributed by atoms with E-state index in [1.807, 2.05) is 0 Å². The smallest absolute Gasteiger partial charge is 0.299 e. The number of amides is 1. The van der Waals surface area contributed by atoms with Crippen molar-refractivity contribution in [2.24, 2.45) is 0 Å². The fourth-order valence-electron chi connectivity index (χ4n) is 2.20. The van der Waals surface area contributed by atoms with Crippen molar-refractivity contribution in [2.75, 3.05) is 11.4 Å². The van der Waals surface area contributed by atoms with Crippen molar-refractivity contribution in [1.29, 1.82) is 0 Å². The first-order chi connectivity index (χ1) is 9.58. The Morgan fingerprint density at radius 3 is 2.75 bits per heavy atom. The third-order valence-electron chi connectivity index (χ3n) is 3.12. The van der Waals surface area contributed by atoms with E-state index in [2.05, 4.69) is 20.9 Å². The molecule has 0 saturated carbocycles. The Morgan fingerprint density at radius 2 is 2.05 bits per heavy atom. The van der Waals surface area contributed by atoms with Gasteiger partial charge in [-0.1, -0.05) is 0 Å². The van der Waals surface area contributed by atoms with Gasteiger partial charge in [0.1, 0.15) is 5.82 Å². The Morgan fingerprint density at radius 1 is 1.25 bits per heavy atom. The number of hydrogen-bond donors (Lipinski definition) is 0. The highest BCUT2D eigenvalue weighted by molar-refractivity contribution is 9.10. The number of Topliss-reactive ketones (excluding diaryl/α,β-unsaturated/α-hetero) is 1. The monoisotopic (exact) mass is 337 g/mol. The largest absolute Gasteiger partial charge is 0.336 e. The molecule has 1 aliphatic heterocycles. The maximum Gasteiger partial charge on any atom is 0.299 e. The lowest BCUT2D eigenvalue weighted by atomic mass is 10.1. The summed E-state index contributed by atoms with van der Waals surface area (Å²) in [6.45, 7) is 0.820. The highest BCUT2D eigenvalue weighted by Gasteiger charge is 2.37. The Balaban J connectivity index is 1.93. The van der Waals surface area contributed by atoms with E-state index in [1.54, 1.807) is 23.3 Å². The van der Waals surface area contributed by atoms with E-state index < -0.39 is 17.5 Å². The molecule has 0 atom stereocenters. The summed E-state index contributed by atoms with van der Waals surface area (Å²) in [4.78, 5) is 29.1. The molecule has 0 N–H and O–H groups in total. The molecule has 102 valence electrons. The molecule has 2 heterocycles. The molecule has 0 unspecified atom stereocenters. The second-order valence-corrected chi connectivity index (χ2v) is 5.22. The molecule has 2 aromatic rings. The minimum absolute atomic E-state index is 0.104. The number of anilines is 1. The predicted octanol–water partition coefficient (Wildman–Crippen LogP) is 2.01. The molecule has 0 radical (unpaired) electrons. The van der Waals surface area contributed by atoms with Crippen LogP contribution in [0.5, 0.6) is 0 Å². The molecule has 5 nitrogen and oxygen atoms in total. The fraction of sp³-hybridized carbons (Fsp3) is 0.154. The molecule has 1 aromatic heterocycles. The van der Waals surface area contributed by atoms with E-state index in [0.29, 0.717) is 23.2 Å². The molecule has 20 heavy (non-hydrogen) atoms. The number of halogens is 2. The molecular formula is C13H9BrFN3O2. The van der Waals surface area contributed by atoms with Crippen LogP contribution in [0.3, 0.4) is 0 Å². The van der Waals surface area contributed by atoms with Crippen LogP contribution >= 0.6 is 15.9 Å². The highest BCUT2D eigenvalue weighted by atomic mass is 79.9. The van der Waals surface area contributed by atoms with E-state index in [0.717, 1.165) is 6.07 Å². The Hall–Kier alpha value is -2.02. The molecule has 0 fully saturated rings. The Labute approximate surface area is 122 Å². The van der Waals surface area contributed by atoms with E-state index in [9.17, 15) is 14.0 Å². The predicted molar refractivity (Wildman–Crippen MR) is 73.0 cm³/mol. The second-order valence-electron chi connectivity index (χ2n) is 4.37. The SMILES string of the molecule is O=C1C(=O)N(CCn2ccnc2)c2c(Br)cc(F)cc21. The van der Waals surface area contributed by atoms with Crippen molar-refractivity contribution >= 4 is 33.3 Å². The number of carbonyl (C=O) groups is 2. The topological polar surface area (TPSA) is 55.2 Å². The standard InChI is InChI=1S/C13H9BrFN3O2/c14-10-6-8(15)5-9-11(10)18(13(20)12(9)19)4-3-17-2-1-16-7-17/h1-2,5-7H,3-4H2. The van der Waals surface area contributed by atoms with Crippen LogP contribution in [0, 0.1) is 5.82 Å². The van der Waals surface area contributed by atoms with Crippen LogP contribution < -0.4 is 4.90 Å². The number of benzene rings is 1. The molecule has 0 saturated heterocycles. The summed E-state index contributed by atoms with van der Waals surface area (Å²) in [5, 5.41) is 0. The van der Waals surface area contributed by atoms with Crippen molar-refractivity contribution in [3.8, 4) is 0 Å². The summed E-state index contributed by atoms with van der Waals surface area (Å²) < 4.78 is 15.5. The molecule has 1 amide bonds. The lowest BCUT2D eigenvalue weighted by Crippen LogP contribution is -2.32. The summed E-state index contributed by atoms with van der Waals surface area (Å²) in [6.07, 6.45) is 5.03. The van der Waals surface area contributed by atoms with Gasteiger partial charge < -0.3 is 9.47 Å². The van der Waals surface area contributed by atoms with Crippen LogP contribution in [0.1, 0.15) is 10.4 Å². The van der Waals surface area contributed by atoms with Crippen LogP contribution in [0.2, 0.25) is 0 Å². The second kappa shape index (κ2) is 4.82. The Kier molecular flexibility index (Phi) is 3.13. The third kappa shape index (κ3) is 2.03. The first-order valence-electron chi connectivity index (χ1n) is 5.89. The van der Waals surface area contributed by atoms with Gasteiger partial charge >= 0.3 is 0 Å². The van der Waals surface area contributed by atoms with E-state index in [-0.39, 0.29) is 5.56 Å². The number of nitrogens with zero attached hydrogens (tertiary/aromatic N) is 3.